The summed E-state index contributed by atoms with van der Waals surface area (Å²) in [6, 6.07) is 20.3. The fourth-order valence-corrected chi connectivity index (χ4v) is 6.42. The van der Waals surface area contributed by atoms with Crippen LogP contribution in [0.5, 0.6) is 5.88 Å². The number of amides is 3. The highest BCUT2D eigenvalue weighted by Crippen LogP contribution is 2.47. The molecule has 1 atom stereocenters. The smallest absolute Gasteiger partial charge is 0.328 e. The molecule has 0 bridgehead atoms. The van der Waals surface area contributed by atoms with E-state index in [-0.39, 0.29) is 17.4 Å². The Balaban J connectivity index is 1.28. The van der Waals surface area contributed by atoms with Crippen LogP contribution in [0.4, 0.5) is 15.6 Å². The molecule has 4 heterocycles. The molecule has 8 nitrogen and oxygen atoms in total. The molecule has 1 unspecified atom stereocenters. The molecule has 1 spiro atoms. The van der Waals surface area contributed by atoms with Crippen molar-refractivity contribution in [2.24, 2.45) is 0 Å². The number of hydrogen-bond acceptors (Lipinski definition) is 6. The maximum absolute atomic E-state index is 13.6. The van der Waals surface area contributed by atoms with E-state index in [1.54, 1.807) is 25.0 Å². The summed E-state index contributed by atoms with van der Waals surface area (Å²) < 4.78 is 5.21. The van der Waals surface area contributed by atoms with E-state index in [2.05, 4.69) is 57.7 Å². The molecule has 2 aromatic heterocycles. The zero-order valence-electron chi connectivity index (χ0n) is 21.4. The van der Waals surface area contributed by atoms with E-state index >= 15 is 0 Å². The van der Waals surface area contributed by atoms with E-state index < -0.39 is 0 Å². The largest absolute Gasteiger partial charge is 0.481 e. The Morgan fingerprint density at radius 2 is 1.84 bits per heavy atom. The second-order valence-corrected chi connectivity index (χ2v) is 11.0. The average molecular weight is 528 g/mol. The number of aromatic nitrogens is 2. The van der Waals surface area contributed by atoms with E-state index in [0.29, 0.717) is 41.0 Å². The molecule has 1 saturated heterocycles. The quantitative estimate of drug-likeness (QED) is 0.394. The third kappa shape index (κ3) is 4.47. The van der Waals surface area contributed by atoms with Crippen LogP contribution in [-0.2, 0) is 23.1 Å². The predicted molar refractivity (Wildman–Crippen MR) is 149 cm³/mol. The van der Waals surface area contributed by atoms with Gasteiger partial charge in [0.1, 0.15) is 10.3 Å². The first kappa shape index (κ1) is 24.4. The van der Waals surface area contributed by atoms with Gasteiger partial charge in [0.15, 0.2) is 5.13 Å². The van der Waals surface area contributed by atoms with Crippen LogP contribution in [0.2, 0.25) is 0 Å². The van der Waals surface area contributed by atoms with Crippen molar-refractivity contribution in [1.29, 1.82) is 0 Å². The van der Waals surface area contributed by atoms with Gasteiger partial charge in [-0.05, 0) is 48.1 Å². The number of fused-ring (bicyclic) bond motifs is 3. The van der Waals surface area contributed by atoms with Gasteiger partial charge in [-0.1, -0.05) is 53.8 Å². The van der Waals surface area contributed by atoms with Gasteiger partial charge in [0, 0.05) is 43.7 Å². The van der Waals surface area contributed by atoms with Gasteiger partial charge in [0.25, 0.3) is 0 Å². The molecule has 38 heavy (non-hydrogen) atoms. The van der Waals surface area contributed by atoms with Crippen molar-refractivity contribution in [3.8, 4) is 5.88 Å². The number of aryl methyl sites for hydroxylation is 2. The summed E-state index contributed by atoms with van der Waals surface area (Å²) in [6.45, 7) is 3.46. The molecule has 2 aliphatic rings. The van der Waals surface area contributed by atoms with Crippen molar-refractivity contribution in [1.82, 2.24) is 14.9 Å². The minimum atomic E-state index is -0.274. The third-order valence-electron chi connectivity index (χ3n) is 7.63. The molecule has 6 rings (SSSR count). The van der Waals surface area contributed by atoms with Crippen molar-refractivity contribution < 1.29 is 14.3 Å². The van der Waals surface area contributed by atoms with Gasteiger partial charge in [-0.3, -0.25) is 15.0 Å². The molecule has 1 fully saturated rings. The minimum Gasteiger partial charge on any atom is -0.481 e. The van der Waals surface area contributed by atoms with Gasteiger partial charge < -0.3 is 9.64 Å². The number of nitrogens with one attached hydrogen (secondary N) is 1. The predicted octanol–water partition coefficient (Wildman–Crippen LogP) is 5.03. The molecular formula is C29H29N5O3S. The summed E-state index contributed by atoms with van der Waals surface area (Å²) in [6.07, 6.45) is 2.70. The number of hydrogen-bond donors (Lipinski definition) is 1. The fourth-order valence-electron chi connectivity index (χ4n) is 5.60. The van der Waals surface area contributed by atoms with E-state index in [1.807, 2.05) is 17.0 Å². The van der Waals surface area contributed by atoms with Crippen LogP contribution < -0.4 is 15.0 Å². The highest BCUT2D eigenvalue weighted by Gasteiger charge is 2.49. The highest BCUT2D eigenvalue weighted by atomic mass is 32.1. The SMILES string of the molecule is COc1ccc2nc(NC(=O)N3CC4(CCN(C(C)=O)C4)c4cc(CCc5ccccc5)ccc43)sc2n1. The van der Waals surface area contributed by atoms with E-state index in [1.165, 1.54) is 22.5 Å². The molecule has 3 amide bonds. The summed E-state index contributed by atoms with van der Waals surface area (Å²) in [7, 11) is 1.57. The fraction of sp³-hybridized carbons (Fsp3) is 0.310. The van der Waals surface area contributed by atoms with Gasteiger partial charge in [0.05, 0.1) is 7.11 Å². The molecule has 4 aromatic rings. The summed E-state index contributed by atoms with van der Waals surface area (Å²) in [4.78, 5) is 39.2. The number of methoxy groups -OCH3 is 1. The monoisotopic (exact) mass is 527 g/mol. The highest BCUT2D eigenvalue weighted by molar-refractivity contribution is 7.22. The molecule has 2 aliphatic heterocycles. The van der Waals surface area contributed by atoms with Crippen molar-refractivity contribution in [3.63, 3.8) is 0 Å². The Kier molecular flexibility index (Phi) is 6.23. The standard InChI is InChI=1S/C29H29N5O3S/c1-19(35)33-15-14-29(17-33)18-34(28(36)32-27-30-23-11-13-25(37-2)31-26(23)38-27)24-12-10-21(16-22(24)29)9-8-20-6-4-3-5-7-20/h3-7,10-13,16H,8-9,14-15,17-18H2,1-2H3,(H,30,32,36). The molecule has 0 saturated carbocycles. The van der Waals surface area contributed by atoms with E-state index in [9.17, 15) is 9.59 Å². The molecule has 0 aliphatic carbocycles. The number of carbonyl (C=O) groups excluding carboxylic acids is 2. The molecular weight excluding hydrogens is 498 g/mol. The zero-order chi connectivity index (χ0) is 26.3. The van der Waals surface area contributed by atoms with Crippen molar-refractivity contribution in [2.75, 3.05) is 37.0 Å². The van der Waals surface area contributed by atoms with Gasteiger partial charge >= 0.3 is 6.03 Å². The molecule has 9 heteroatoms. The van der Waals surface area contributed by atoms with Crippen molar-refractivity contribution in [3.05, 3.63) is 77.4 Å². The van der Waals surface area contributed by atoms with Crippen LogP contribution in [0.15, 0.2) is 60.7 Å². The van der Waals surface area contributed by atoms with Crippen molar-refractivity contribution >= 4 is 44.4 Å². The van der Waals surface area contributed by atoms with Gasteiger partial charge in [-0.2, -0.15) is 0 Å². The van der Waals surface area contributed by atoms with Crippen LogP contribution in [0.1, 0.15) is 30.0 Å². The number of likely N-dealkylation sites (tertiary alicyclic amines) is 1. The summed E-state index contributed by atoms with van der Waals surface area (Å²) >= 11 is 1.32. The first-order valence-electron chi connectivity index (χ1n) is 12.8. The van der Waals surface area contributed by atoms with Crippen LogP contribution >= 0.6 is 11.3 Å². The van der Waals surface area contributed by atoms with Crippen LogP contribution in [-0.4, -0.2) is 53.6 Å². The number of ether oxygens (including phenoxy) is 1. The third-order valence-corrected chi connectivity index (χ3v) is 8.51. The lowest BCUT2D eigenvalue weighted by molar-refractivity contribution is -0.127. The number of carbonyl (C=O) groups is 2. The van der Waals surface area contributed by atoms with Crippen molar-refractivity contribution in [2.45, 2.75) is 31.6 Å². The molecule has 1 N–H and O–H groups in total. The van der Waals surface area contributed by atoms with Crippen LogP contribution in [0.25, 0.3) is 10.3 Å². The van der Waals surface area contributed by atoms with Gasteiger partial charge in [-0.25, -0.2) is 14.8 Å². The number of thiazole rings is 1. The Morgan fingerprint density at radius 3 is 2.61 bits per heavy atom. The Morgan fingerprint density at radius 1 is 1.03 bits per heavy atom. The summed E-state index contributed by atoms with van der Waals surface area (Å²) in [5.41, 5.74) is 5.02. The topological polar surface area (TPSA) is 87.7 Å². The summed E-state index contributed by atoms with van der Waals surface area (Å²) in [5, 5.41) is 3.48. The second kappa shape index (κ2) is 9.72. The lowest BCUT2D eigenvalue weighted by Gasteiger charge is -2.25. The number of urea groups is 1. The maximum atomic E-state index is 13.6. The average Bonchev–Trinajstić information content (AvgIpc) is 3.63. The second-order valence-electron chi connectivity index (χ2n) is 10.0. The number of anilines is 2. The first-order chi connectivity index (χ1) is 18.4. The normalized spacial score (nSPS) is 18.3. The summed E-state index contributed by atoms with van der Waals surface area (Å²) in [5.74, 6) is 0.581. The Bertz CT molecular complexity index is 1520. The first-order valence-corrected chi connectivity index (χ1v) is 13.6. The molecule has 2 aromatic carbocycles. The number of nitrogens with zero attached hydrogens (tertiary/aromatic N) is 4. The van der Waals surface area contributed by atoms with E-state index in [4.69, 9.17) is 4.74 Å². The number of rotatable bonds is 5. The van der Waals surface area contributed by atoms with Crippen LogP contribution in [0.3, 0.4) is 0 Å². The Hall–Kier alpha value is -3.98. The van der Waals surface area contributed by atoms with Gasteiger partial charge in [0.2, 0.25) is 11.8 Å². The Labute approximate surface area is 225 Å². The number of pyridine rings is 1. The lowest BCUT2D eigenvalue weighted by atomic mass is 9.80. The lowest BCUT2D eigenvalue weighted by Crippen LogP contribution is -2.41. The molecule has 0 radical (unpaired) electrons. The number of benzene rings is 2. The minimum absolute atomic E-state index is 0.0731. The van der Waals surface area contributed by atoms with Gasteiger partial charge in [-0.15, -0.1) is 0 Å². The molecule has 194 valence electrons. The van der Waals surface area contributed by atoms with Crippen LogP contribution in [0, 0.1) is 0 Å². The maximum Gasteiger partial charge on any atom is 0.328 e. The van der Waals surface area contributed by atoms with E-state index in [0.717, 1.165) is 30.5 Å². The zero-order valence-corrected chi connectivity index (χ0v) is 22.3.